The fraction of sp³-hybridized carbons (Fsp3) is 0.636. The smallest absolute Gasteiger partial charge is 0.191 e. The number of likely N-dealkylation sites (tertiary alicyclic amines) is 1. The zero-order chi connectivity index (χ0) is 20.1. The molecule has 0 aliphatic carbocycles. The van der Waals surface area contributed by atoms with Crippen molar-refractivity contribution in [1.29, 1.82) is 0 Å². The highest BCUT2D eigenvalue weighted by atomic mass is 16.5. The summed E-state index contributed by atoms with van der Waals surface area (Å²) >= 11 is 0. The van der Waals surface area contributed by atoms with Crippen molar-refractivity contribution >= 4 is 11.6 Å². The first-order valence-electron chi connectivity index (χ1n) is 10.9. The number of aryl methyl sites for hydroxylation is 1. The molecule has 2 fully saturated rings. The van der Waals surface area contributed by atoms with E-state index in [1.165, 1.54) is 31.4 Å². The van der Waals surface area contributed by atoms with E-state index in [0.717, 1.165) is 62.5 Å². The molecule has 7 heteroatoms. The molecule has 2 aliphatic heterocycles. The lowest BCUT2D eigenvalue weighted by atomic mass is 10.0. The average Bonchev–Trinajstić information content (AvgIpc) is 3.39. The van der Waals surface area contributed by atoms with Crippen molar-refractivity contribution < 1.29 is 4.74 Å². The lowest BCUT2D eigenvalue weighted by Gasteiger charge is -2.34. The molecule has 1 unspecified atom stereocenters. The molecule has 0 aromatic carbocycles. The van der Waals surface area contributed by atoms with Gasteiger partial charge in [0.1, 0.15) is 5.65 Å². The van der Waals surface area contributed by atoms with Crippen LogP contribution in [0.4, 0.5) is 0 Å². The molecule has 0 saturated carbocycles. The summed E-state index contributed by atoms with van der Waals surface area (Å²) in [7, 11) is 1.85. The summed E-state index contributed by atoms with van der Waals surface area (Å²) in [6.45, 7) is 8.32. The Labute approximate surface area is 173 Å². The summed E-state index contributed by atoms with van der Waals surface area (Å²) in [6.07, 6.45) is 8.61. The van der Waals surface area contributed by atoms with Crippen LogP contribution in [0.25, 0.3) is 5.65 Å². The number of ether oxygens (including phenoxy) is 1. The fourth-order valence-corrected chi connectivity index (χ4v) is 4.37. The van der Waals surface area contributed by atoms with Crippen LogP contribution in [0.3, 0.4) is 0 Å². The summed E-state index contributed by atoms with van der Waals surface area (Å²) in [5.74, 6) is 1.63. The molecular formula is C22H34N6O. The predicted octanol–water partition coefficient (Wildman–Crippen LogP) is 1.85. The number of nitrogens with zero attached hydrogens (tertiary/aromatic N) is 4. The Bertz CT molecular complexity index is 818. The quantitative estimate of drug-likeness (QED) is 0.574. The van der Waals surface area contributed by atoms with Crippen molar-refractivity contribution in [2.24, 2.45) is 10.9 Å². The Kier molecular flexibility index (Phi) is 6.67. The summed E-state index contributed by atoms with van der Waals surface area (Å²) in [5.41, 5.74) is 3.35. The second kappa shape index (κ2) is 9.59. The summed E-state index contributed by atoms with van der Waals surface area (Å²) in [4.78, 5) is 11.8. The van der Waals surface area contributed by atoms with Crippen molar-refractivity contribution in [3.8, 4) is 0 Å². The van der Waals surface area contributed by atoms with E-state index in [1.54, 1.807) is 0 Å². The van der Waals surface area contributed by atoms with Crippen LogP contribution in [-0.2, 0) is 11.2 Å². The van der Waals surface area contributed by atoms with Gasteiger partial charge < -0.3 is 24.7 Å². The number of fused-ring (bicyclic) bond motifs is 1. The molecule has 1 atom stereocenters. The first kappa shape index (κ1) is 20.2. The van der Waals surface area contributed by atoms with Gasteiger partial charge >= 0.3 is 0 Å². The van der Waals surface area contributed by atoms with Crippen LogP contribution < -0.4 is 10.6 Å². The monoisotopic (exact) mass is 398 g/mol. The van der Waals surface area contributed by atoms with Gasteiger partial charge in [0.25, 0.3) is 0 Å². The molecule has 0 bridgehead atoms. The highest BCUT2D eigenvalue weighted by Crippen LogP contribution is 2.17. The van der Waals surface area contributed by atoms with Gasteiger partial charge in [0.2, 0.25) is 0 Å². The molecule has 7 nitrogen and oxygen atoms in total. The summed E-state index contributed by atoms with van der Waals surface area (Å²) < 4.78 is 7.61. The van der Waals surface area contributed by atoms with Crippen LogP contribution in [-0.4, -0.2) is 72.7 Å². The molecule has 158 valence electrons. The minimum Gasteiger partial charge on any atom is -0.381 e. The first-order valence-corrected chi connectivity index (χ1v) is 10.9. The number of hydrogen-bond donors (Lipinski definition) is 2. The lowest BCUT2D eigenvalue weighted by molar-refractivity contribution is 0.150. The number of hydrogen-bond acceptors (Lipinski definition) is 4. The predicted molar refractivity (Wildman–Crippen MR) is 117 cm³/mol. The van der Waals surface area contributed by atoms with Gasteiger partial charge in [-0.1, -0.05) is 6.07 Å². The van der Waals surface area contributed by atoms with Crippen LogP contribution in [0.5, 0.6) is 0 Å². The number of imidazole rings is 1. The van der Waals surface area contributed by atoms with Gasteiger partial charge in [-0.15, -0.1) is 0 Å². The van der Waals surface area contributed by atoms with Gasteiger partial charge in [-0.25, -0.2) is 4.98 Å². The normalized spacial score (nSPS) is 21.7. The molecular weight excluding hydrogens is 364 g/mol. The zero-order valence-corrected chi connectivity index (χ0v) is 17.7. The van der Waals surface area contributed by atoms with E-state index in [4.69, 9.17) is 9.72 Å². The molecule has 2 aromatic rings. The van der Waals surface area contributed by atoms with Crippen molar-refractivity contribution in [2.75, 3.05) is 46.4 Å². The molecule has 29 heavy (non-hydrogen) atoms. The van der Waals surface area contributed by atoms with Crippen molar-refractivity contribution in [3.63, 3.8) is 0 Å². The molecule has 4 rings (SSSR count). The van der Waals surface area contributed by atoms with Crippen LogP contribution in [0.2, 0.25) is 0 Å². The third-order valence-electron chi connectivity index (χ3n) is 6.09. The van der Waals surface area contributed by atoms with Crippen molar-refractivity contribution in [3.05, 3.63) is 35.8 Å². The maximum absolute atomic E-state index is 5.51. The molecule has 4 heterocycles. The highest BCUT2D eigenvalue weighted by Gasteiger charge is 2.24. The van der Waals surface area contributed by atoms with Crippen molar-refractivity contribution in [1.82, 2.24) is 24.9 Å². The number of aromatic nitrogens is 2. The Morgan fingerprint density at radius 1 is 1.31 bits per heavy atom. The van der Waals surface area contributed by atoms with Gasteiger partial charge in [-0.2, -0.15) is 0 Å². The number of aliphatic imine (C=N–C) groups is 1. The van der Waals surface area contributed by atoms with E-state index in [0.29, 0.717) is 6.04 Å². The standard InChI is InChI=1S/C22H34N6O/c1-17-4-3-10-28-15-20(25-21(17)28)5-9-24-22(23-2)26-19-6-11-27(12-7-19)14-18-8-13-29-16-18/h3-4,10,15,18-19H,5-9,11-14,16H2,1-2H3,(H2,23,24,26). The minimum absolute atomic E-state index is 0.495. The van der Waals surface area contributed by atoms with Crippen LogP contribution >= 0.6 is 0 Å². The Morgan fingerprint density at radius 3 is 2.90 bits per heavy atom. The third kappa shape index (κ3) is 5.28. The van der Waals surface area contributed by atoms with Gasteiger partial charge in [0, 0.05) is 64.7 Å². The minimum atomic E-state index is 0.495. The van der Waals surface area contributed by atoms with E-state index >= 15 is 0 Å². The summed E-state index contributed by atoms with van der Waals surface area (Å²) in [6, 6.07) is 4.66. The Hall–Kier alpha value is -2.12. The Balaban J connectivity index is 1.19. The van der Waals surface area contributed by atoms with E-state index in [-0.39, 0.29) is 0 Å². The number of guanidine groups is 1. The Morgan fingerprint density at radius 2 is 2.17 bits per heavy atom. The zero-order valence-electron chi connectivity index (χ0n) is 17.7. The largest absolute Gasteiger partial charge is 0.381 e. The van der Waals surface area contributed by atoms with Crippen LogP contribution in [0.1, 0.15) is 30.5 Å². The van der Waals surface area contributed by atoms with E-state index < -0.39 is 0 Å². The molecule has 2 saturated heterocycles. The molecule has 2 N–H and O–H groups in total. The SMILES string of the molecule is CN=C(NCCc1cn2cccc(C)c2n1)NC1CCN(CC2CCOC2)CC1. The molecule has 0 amide bonds. The highest BCUT2D eigenvalue weighted by molar-refractivity contribution is 5.79. The van der Waals surface area contributed by atoms with Crippen LogP contribution in [0, 0.1) is 12.8 Å². The maximum atomic E-state index is 5.51. The molecule has 0 radical (unpaired) electrons. The molecule has 2 aromatic heterocycles. The van der Waals surface area contributed by atoms with Gasteiger partial charge in [0.05, 0.1) is 12.3 Å². The molecule has 0 spiro atoms. The number of rotatable bonds is 6. The van der Waals surface area contributed by atoms with E-state index in [1.807, 2.05) is 7.05 Å². The maximum Gasteiger partial charge on any atom is 0.191 e. The van der Waals surface area contributed by atoms with Gasteiger partial charge in [-0.05, 0) is 43.7 Å². The lowest BCUT2D eigenvalue weighted by Crippen LogP contribution is -2.49. The second-order valence-electron chi connectivity index (χ2n) is 8.35. The molecule has 2 aliphatic rings. The number of pyridine rings is 1. The van der Waals surface area contributed by atoms with Crippen molar-refractivity contribution in [2.45, 2.75) is 38.6 Å². The topological polar surface area (TPSA) is 66.2 Å². The van der Waals surface area contributed by atoms with E-state index in [2.05, 4.69) is 56.4 Å². The summed E-state index contributed by atoms with van der Waals surface area (Å²) in [5, 5.41) is 7.06. The third-order valence-corrected chi connectivity index (χ3v) is 6.09. The number of piperidine rings is 1. The first-order chi connectivity index (χ1) is 14.2. The fourth-order valence-electron chi connectivity index (χ4n) is 4.37. The average molecular weight is 399 g/mol. The van der Waals surface area contributed by atoms with Gasteiger partial charge in [-0.3, -0.25) is 4.99 Å². The number of nitrogens with one attached hydrogen (secondary N) is 2. The van der Waals surface area contributed by atoms with E-state index in [9.17, 15) is 0 Å². The van der Waals surface area contributed by atoms with Gasteiger partial charge in [0.15, 0.2) is 5.96 Å². The second-order valence-corrected chi connectivity index (χ2v) is 8.35. The van der Waals surface area contributed by atoms with Crippen LogP contribution in [0.15, 0.2) is 29.5 Å².